The minimum Gasteiger partial charge on any atom is -0.497 e. The number of thioether (sulfide) groups is 1. The average molecular weight is 489 g/mol. The summed E-state index contributed by atoms with van der Waals surface area (Å²) in [5.41, 5.74) is 0.648. The molecule has 1 heterocycles. The van der Waals surface area contributed by atoms with Crippen LogP contribution in [0.3, 0.4) is 0 Å². The summed E-state index contributed by atoms with van der Waals surface area (Å²) >= 11 is 0.711. The number of carbonyl (C=O) groups is 4. The molecule has 1 saturated heterocycles. The lowest BCUT2D eigenvalue weighted by Gasteiger charge is -2.47. The van der Waals surface area contributed by atoms with E-state index in [9.17, 15) is 24.3 Å². The highest BCUT2D eigenvalue weighted by Crippen LogP contribution is 2.32. The predicted octanol–water partition coefficient (Wildman–Crippen LogP) is 1.07. The Kier molecular flexibility index (Phi) is 8.50. The van der Waals surface area contributed by atoms with E-state index in [0.717, 1.165) is 4.90 Å². The van der Waals surface area contributed by atoms with Gasteiger partial charge in [-0.1, -0.05) is 42.1 Å². The van der Waals surface area contributed by atoms with Crippen LogP contribution in [0, 0.1) is 0 Å². The average Bonchev–Trinajstić information content (AvgIpc) is 2.84. The first-order valence-electron chi connectivity index (χ1n) is 10.2. The number of ether oxygens (including phenoxy) is 3. The fraction of sp³-hybridized carbons (Fsp3) is 0.304. The largest absolute Gasteiger partial charge is 0.497 e. The number of para-hydroxylation sites is 1. The minimum atomic E-state index is -1.93. The van der Waals surface area contributed by atoms with Crippen LogP contribution in [0.1, 0.15) is 12.5 Å². The van der Waals surface area contributed by atoms with Gasteiger partial charge in [0.15, 0.2) is 11.7 Å². The van der Waals surface area contributed by atoms with Crippen molar-refractivity contribution in [1.82, 2.24) is 10.2 Å². The number of benzene rings is 2. The lowest BCUT2D eigenvalue weighted by Crippen LogP contribution is -2.73. The molecule has 0 spiro atoms. The summed E-state index contributed by atoms with van der Waals surface area (Å²) in [7, 11) is 1.52. The van der Waals surface area contributed by atoms with Crippen LogP contribution in [0.5, 0.6) is 11.5 Å². The Morgan fingerprint density at radius 3 is 2.38 bits per heavy atom. The molecule has 1 unspecified atom stereocenters. The number of rotatable bonds is 10. The Hall–Kier alpha value is -3.57. The van der Waals surface area contributed by atoms with Gasteiger partial charge in [0, 0.05) is 6.92 Å². The van der Waals surface area contributed by atoms with Crippen LogP contribution in [0.25, 0.3) is 0 Å². The molecular formula is C23H24N2O8S. The Bertz CT molecular complexity index is 1030. The van der Waals surface area contributed by atoms with E-state index < -0.39 is 35.4 Å². The number of nitrogens with one attached hydrogen (secondary N) is 1. The second-order valence-electron chi connectivity index (χ2n) is 7.22. The van der Waals surface area contributed by atoms with Crippen LogP contribution in [-0.4, -0.2) is 64.3 Å². The van der Waals surface area contributed by atoms with Gasteiger partial charge in [0.05, 0.1) is 7.11 Å². The monoisotopic (exact) mass is 488 g/mol. The van der Waals surface area contributed by atoms with Gasteiger partial charge in [-0.2, -0.15) is 0 Å². The van der Waals surface area contributed by atoms with Crippen molar-refractivity contribution >= 4 is 34.7 Å². The zero-order chi connectivity index (χ0) is 24.7. The highest BCUT2D eigenvalue weighted by Gasteiger charge is 2.54. The summed E-state index contributed by atoms with van der Waals surface area (Å²) in [6.07, 6.45) is -1.93. The standard InChI is InChI=1S/C23H24N2O8S/c1-14(26)34-22-19(24-18(27)13-32-17-6-4-3-5-7-17)20(28)25(22)21(29)23(30)33-12-15-8-10-16(31-2)11-9-15/h3-11,19,21-22,29H,12-13H2,1-2H3,(H,24,27)/t19-,21?,22-/m1/s1. The van der Waals surface area contributed by atoms with E-state index >= 15 is 0 Å². The molecule has 11 heteroatoms. The molecule has 1 aliphatic heterocycles. The van der Waals surface area contributed by atoms with Gasteiger partial charge in [-0.3, -0.25) is 19.3 Å². The van der Waals surface area contributed by atoms with Gasteiger partial charge in [-0.25, -0.2) is 4.79 Å². The van der Waals surface area contributed by atoms with Gasteiger partial charge >= 0.3 is 5.97 Å². The molecule has 2 amide bonds. The Balaban J connectivity index is 1.56. The summed E-state index contributed by atoms with van der Waals surface area (Å²) in [5.74, 6) is -1.26. The van der Waals surface area contributed by atoms with Crippen LogP contribution < -0.4 is 14.8 Å². The van der Waals surface area contributed by atoms with Gasteiger partial charge in [0.25, 0.3) is 11.8 Å². The number of hydrogen-bond donors (Lipinski definition) is 2. The Morgan fingerprint density at radius 1 is 1.09 bits per heavy atom. The number of nitrogens with zero attached hydrogens (tertiary/aromatic N) is 1. The molecule has 2 aromatic rings. The van der Waals surface area contributed by atoms with Crippen molar-refractivity contribution < 1.29 is 38.5 Å². The molecule has 10 nitrogen and oxygen atoms in total. The van der Waals surface area contributed by atoms with Crippen molar-refractivity contribution in [2.24, 2.45) is 0 Å². The first-order valence-corrected chi connectivity index (χ1v) is 11.1. The topological polar surface area (TPSA) is 131 Å². The molecule has 0 radical (unpaired) electrons. The lowest BCUT2D eigenvalue weighted by molar-refractivity contribution is -0.183. The van der Waals surface area contributed by atoms with E-state index in [2.05, 4.69) is 5.32 Å². The molecule has 0 saturated carbocycles. The molecule has 3 rings (SSSR count). The van der Waals surface area contributed by atoms with E-state index in [1.165, 1.54) is 14.0 Å². The number of methoxy groups -OCH3 is 1. The number of likely N-dealkylation sites (tertiary alicyclic amines) is 1. The first kappa shape index (κ1) is 25.1. The van der Waals surface area contributed by atoms with Crippen molar-refractivity contribution in [3.8, 4) is 11.5 Å². The van der Waals surface area contributed by atoms with E-state index in [0.29, 0.717) is 28.8 Å². The first-order chi connectivity index (χ1) is 16.3. The van der Waals surface area contributed by atoms with Crippen LogP contribution in [0.4, 0.5) is 0 Å². The number of esters is 1. The molecule has 2 N–H and O–H groups in total. The molecule has 2 aromatic carbocycles. The molecule has 3 atom stereocenters. The summed E-state index contributed by atoms with van der Waals surface area (Å²) < 4.78 is 15.5. The zero-order valence-corrected chi connectivity index (χ0v) is 19.3. The van der Waals surface area contributed by atoms with Crippen molar-refractivity contribution in [3.63, 3.8) is 0 Å². The van der Waals surface area contributed by atoms with Crippen LogP contribution >= 0.6 is 11.8 Å². The maximum atomic E-state index is 12.6. The molecule has 0 aromatic heterocycles. The van der Waals surface area contributed by atoms with Crippen molar-refractivity contribution in [2.75, 3.05) is 13.7 Å². The fourth-order valence-corrected chi connectivity index (χ4v) is 4.11. The third-order valence-electron chi connectivity index (χ3n) is 4.81. The number of carbonyl (C=O) groups excluding carboxylic acids is 4. The summed E-state index contributed by atoms with van der Waals surface area (Å²) in [6.45, 7) is 0.790. The van der Waals surface area contributed by atoms with Gasteiger partial charge in [-0.15, -0.1) is 0 Å². The van der Waals surface area contributed by atoms with Crippen LogP contribution in [0.15, 0.2) is 54.6 Å². The van der Waals surface area contributed by atoms with E-state index in [1.54, 1.807) is 54.6 Å². The number of hydrogen-bond acceptors (Lipinski definition) is 9. The van der Waals surface area contributed by atoms with Crippen molar-refractivity contribution in [2.45, 2.75) is 31.2 Å². The zero-order valence-electron chi connectivity index (χ0n) is 18.5. The SMILES string of the molecule is COc1ccc(COC(=O)C(O)N2C(=O)[C@@H](NC(=O)COc3ccccc3)[C@H]2SC(C)=O)cc1. The van der Waals surface area contributed by atoms with Crippen molar-refractivity contribution in [1.29, 1.82) is 0 Å². The highest BCUT2D eigenvalue weighted by molar-refractivity contribution is 8.14. The summed E-state index contributed by atoms with van der Waals surface area (Å²) in [4.78, 5) is 49.7. The van der Waals surface area contributed by atoms with E-state index in [-0.39, 0.29) is 18.3 Å². The van der Waals surface area contributed by atoms with Crippen LogP contribution in [0.2, 0.25) is 0 Å². The van der Waals surface area contributed by atoms with E-state index in [1.807, 2.05) is 0 Å². The number of aliphatic hydroxyl groups is 1. The lowest BCUT2D eigenvalue weighted by atomic mass is 10.1. The van der Waals surface area contributed by atoms with Crippen LogP contribution in [-0.2, 0) is 30.5 Å². The molecule has 1 aliphatic rings. The second kappa shape index (κ2) is 11.5. The minimum absolute atomic E-state index is 0.135. The normalized spacial score (nSPS) is 17.9. The van der Waals surface area contributed by atoms with Gasteiger partial charge < -0.3 is 24.6 Å². The third-order valence-corrected chi connectivity index (χ3v) is 5.88. The summed E-state index contributed by atoms with van der Waals surface area (Å²) in [6, 6.07) is 14.3. The number of β-lactam (4-membered cyclic amide) rings is 1. The number of aliphatic hydroxyl groups excluding tert-OH is 1. The Labute approximate surface area is 200 Å². The maximum absolute atomic E-state index is 12.6. The molecular weight excluding hydrogens is 464 g/mol. The quantitative estimate of drug-likeness (QED) is 0.372. The molecule has 1 fully saturated rings. The Morgan fingerprint density at radius 2 is 1.76 bits per heavy atom. The van der Waals surface area contributed by atoms with Gasteiger partial charge in [0.1, 0.15) is 29.5 Å². The predicted molar refractivity (Wildman–Crippen MR) is 122 cm³/mol. The third kappa shape index (κ3) is 6.27. The molecule has 180 valence electrons. The summed E-state index contributed by atoms with van der Waals surface area (Å²) in [5, 5.41) is 11.5. The van der Waals surface area contributed by atoms with Gasteiger partial charge in [0.2, 0.25) is 6.23 Å². The van der Waals surface area contributed by atoms with Crippen molar-refractivity contribution in [3.05, 3.63) is 60.2 Å². The molecule has 0 bridgehead atoms. The molecule has 0 aliphatic carbocycles. The maximum Gasteiger partial charge on any atom is 0.356 e. The fourth-order valence-electron chi connectivity index (χ4n) is 3.12. The smallest absolute Gasteiger partial charge is 0.356 e. The van der Waals surface area contributed by atoms with Gasteiger partial charge in [-0.05, 0) is 29.8 Å². The second-order valence-corrected chi connectivity index (χ2v) is 8.52. The molecule has 34 heavy (non-hydrogen) atoms. The number of amides is 2. The van der Waals surface area contributed by atoms with E-state index in [4.69, 9.17) is 14.2 Å². The highest BCUT2D eigenvalue weighted by atomic mass is 32.2.